The third-order valence-corrected chi connectivity index (χ3v) is 1.48. The monoisotopic (exact) mass is 238 g/mol. The summed E-state index contributed by atoms with van der Waals surface area (Å²) in [6.07, 6.45) is 2.90. The third-order valence-electron chi connectivity index (χ3n) is 1.48. The molecule has 0 N–H and O–H groups in total. The summed E-state index contributed by atoms with van der Waals surface area (Å²) in [4.78, 5) is 11.2. The van der Waals surface area contributed by atoms with Crippen molar-refractivity contribution in [2.75, 3.05) is 7.05 Å². The van der Waals surface area contributed by atoms with Gasteiger partial charge in [-0.05, 0) is 12.5 Å². The first kappa shape index (κ1) is 11.7. The van der Waals surface area contributed by atoms with E-state index in [-0.39, 0.29) is 38.6 Å². The van der Waals surface area contributed by atoms with Crippen molar-refractivity contribution in [3.63, 3.8) is 0 Å². The van der Waals surface area contributed by atoms with Crippen molar-refractivity contribution in [3.05, 3.63) is 24.3 Å². The van der Waals surface area contributed by atoms with Crippen LogP contribution in [0.15, 0.2) is 22.8 Å². The van der Waals surface area contributed by atoms with Gasteiger partial charge in [0, 0.05) is 39.8 Å². The van der Waals surface area contributed by atoms with Crippen LogP contribution >= 0.6 is 0 Å². The first-order valence-electron chi connectivity index (χ1n) is 3.25. The maximum Gasteiger partial charge on any atom is 0.257 e. The molecule has 3 nitrogen and oxygen atoms in total. The van der Waals surface area contributed by atoms with Crippen LogP contribution in [-0.2, 0) is 37.5 Å². The van der Waals surface area contributed by atoms with Gasteiger partial charge < -0.3 is 0 Å². The maximum absolute atomic E-state index is 11.2. The molecule has 0 atom stereocenters. The summed E-state index contributed by atoms with van der Waals surface area (Å²) in [5.74, 6) is -0.107. The minimum Gasteiger partial charge on any atom is -0.293 e. The summed E-state index contributed by atoms with van der Waals surface area (Å²) >= 11 is 0. The van der Waals surface area contributed by atoms with Crippen LogP contribution in [0, 0.1) is 6.58 Å². The molecule has 1 rings (SSSR count). The fourth-order valence-corrected chi connectivity index (χ4v) is 0.941. The molecule has 1 heterocycles. The Morgan fingerprint density at radius 1 is 1.58 bits per heavy atom. The number of nitrogens with zero attached hydrogens (tertiary/aromatic N) is 2. The van der Waals surface area contributed by atoms with Crippen LogP contribution in [0.4, 0.5) is 0 Å². The van der Waals surface area contributed by atoms with Gasteiger partial charge in [0.05, 0.1) is 5.71 Å². The predicted octanol–water partition coefficient (Wildman–Crippen LogP) is 0.747. The van der Waals surface area contributed by atoms with E-state index in [0.29, 0.717) is 11.3 Å². The molecule has 1 amide bonds. The van der Waals surface area contributed by atoms with Crippen molar-refractivity contribution in [2.24, 2.45) is 5.10 Å². The van der Waals surface area contributed by atoms with Crippen LogP contribution in [-0.4, -0.2) is 23.7 Å². The maximum atomic E-state index is 11.2. The van der Waals surface area contributed by atoms with Crippen LogP contribution in [0.5, 0.6) is 0 Å². The van der Waals surface area contributed by atoms with Gasteiger partial charge in [-0.3, -0.25) is 11.4 Å². The molecule has 0 unspecified atom stereocenters. The average Bonchev–Trinajstić information content (AvgIpc) is 2.17. The van der Waals surface area contributed by atoms with E-state index < -0.39 is 0 Å². The molecule has 12 heavy (non-hydrogen) atoms. The molecule has 61 valence electrons. The molecule has 1 aliphatic heterocycles. The number of amides is 1. The first-order valence-corrected chi connectivity index (χ1v) is 3.25. The van der Waals surface area contributed by atoms with Crippen molar-refractivity contribution < 1.29 is 37.5 Å². The van der Waals surface area contributed by atoms with Gasteiger partial charge in [-0.2, -0.15) is 11.2 Å². The molecule has 0 aliphatic carbocycles. The van der Waals surface area contributed by atoms with E-state index in [1.807, 2.05) is 0 Å². The van der Waals surface area contributed by atoms with E-state index in [2.05, 4.69) is 5.10 Å². The minimum absolute atomic E-state index is 0. The Balaban J connectivity index is 0.00000121. The molecule has 1 aliphatic rings. The second kappa shape index (κ2) is 4.68. The molecular weight excluding hydrogens is 229 g/mol. The molecule has 4 heteroatoms. The minimum atomic E-state index is -0.107. The summed E-state index contributed by atoms with van der Waals surface area (Å²) in [5.41, 5.74) is 1.27. The van der Waals surface area contributed by atoms with Gasteiger partial charge in [0.25, 0.3) is 5.91 Å². The molecule has 0 aromatic heterocycles. The summed E-state index contributed by atoms with van der Waals surface area (Å²) in [5, 5.41) is 5.22. The third kappa shape index (κ3) is 2.11. The molecule has 0 spiro atoms. The Labute approximate surface area is 97.1 Å². The molecule has 0 saturated carbocycles. The van der Waals surface area contributed by atoms with E-state index in [4.69, 9.17) is 6.58 Å². The van der Waals surface area contributed by atoms with Gasteiger partial charge in [-0.1, -0.05) is 0 Å². The van der Waals surface area contributed by atoms with E-state index >= 15 is 0 Å². The smallest absolute Gasteiger partial charge is 0.257 e. The number of hydrogen-bond donors (Lipinski definition) is 0. The summed E-state index contributed by atoms with van der Waals surface area (Å²) < 4.78 is 0. The summed E-state index contributed by atoms with van der Waals surface area (Å²) in [6.45, 7) is 6.93. The number of rotatable bonds is 1. The number of allylic oxidation sites excluding steroid dienone is 2. The second-order valence-electron chi connectivity index (χ2n) is 2.29. The Bertz CT molecular complexity index is 268. The fourth-order valence-electron chi connectivity index (χ4n) is 0.941. The number of carbonyl (C=O) groups excluding carboxylic acids is 1. The molecule has 0 aromatic carbocycles. The first-order chi connectivity index (χ1) is 5.16. The molecule has 1 radical (unpaired) electrons. The van der Waals surface area contributed by atoms with E-state index in [1.165, 1.54) is 11.1 Å². The van der Waals surface area contributed by atoms with Gasteiger partial charge in [0.2, 0.25) is 0 Å². The molecule has 0 bridgehead atoms. The van der Waals surface area contributed by atoms with Crippen LogP contribution < -0.4 is 0 Å². The fraction of sp³-hybridized carbons (Fsp3) is 0.250. The number of carbonyl (C=O) groups is 1. The van der Waals surface area contributed by atoms with Gasteiger partial charge in [0.15, 0.2) is 0 Å². The Kier molecular flexibility index (Phi) is 4.57. The van der Waals surface area contributed by atoms with Gasteiger partial charge >= 0.3 is 0 Å². The van der Waals surface area contributed by atoms with Crippen LogP contribution in [0.3, 0.4) is 0 Å². The molecule has 0 aromatic rings. The number of likely N-dealkylation sites (N-methyl/N-ethyl adjacent to an activating group) is 1. The van der Waals surface area contributed by atoms with Crippen molar-refractivity contribution >= 4 is 11.6 Å². The van der Waals surface area contributed by atoms with E-state index in [1.54, 1.807) is 20.0 Å². The van der Waals surface area contributed by atoms with Crippen LogP contribution in [0.1, 0.15) is 6.92 Å². The standard InChI is InChI=1S/C8H9N2O.Y/c1-4-5-7-6(2)9-10(3)8(7)11;/h1,4-5H,2-3H3;/q-1;. The molecule has 0 fully saturated rings. The topological polar surface area (TPSA) is 32.7 Å². The Morgan fingerprint density at radius 3 is 2.50 bits per heavy atom. The number of hydrazone groups is 1. The van der Waals surface area contributed by atoms with E-state index in [9.17, 15) is 4.79 Å². The van der Waals surface area contributed by atoms with Crippen molar-refractivity contribution in [1.29, 1.82) is 0 Å². The van der Waals surface area contributed by atoms with Gasteiger partial charge in [-0.15, -0.1) is 0 Å². The zero-order valence-corrected chi connectivity index (χ0v) is 9.95. The van der Waals surface area contributed by atoms with Crippen LogP contribution in [0.2, 0.25) is 0 Å². The average molecular weight is 238 g/mol. The van der Waals surface area contributed by atoms with Crippen molar-refractivity contribution in [1.82, 2.24) is 5.01 Å². The van der Waals surface area contributed by atoms with Gasteiger partial charge in [0.1, 0.15) is 0 Å². The van der Waals surface area contributed by atoms with Gasteiger partial charge in [-0.25, -0.2) is 11.1 Å². The second-order valence-corrected chi connectivity index (χ2v) is 2.29. The normalized spacial score (nSPS) is 19.2. The van der Waals surface area contributed by atoms with E-state index in [0.717, 1.165) is 0 Å². The quantitative estimate of drug-likeness (QED) is 0.490. The predicted molar refractivity (Wildman–Crippen MR) is 42.8 cm³/mol. The zero-order valence-electron chi connectivity index (χ0n) is 7.11. The molecular formula is C8H9N2OY-. The largest absolute Gasteiger partial charge is 0.293 e. The van der Waals surface area contributed by atoms with Crippen LogP contribution in [0.25, 0.3) is 0 Å². The summed E-state index contributed by atoms with van der Waals surface area (Å²) in [6, 6.07) is 0. The summed E-state index contributed by atoms with van der Waals surface area (Å²) in [7, 11) is 1.61. The Morgan fingerprint density at radius 2 is 2.17 bits per heavy atom. The zero-order chi connectivity index (χ0) is 8.43. The SMILES string of the molecule is [CH-]=CC=C1C(=O)N(C)N=C1C.[Y]. The van der Waals surface area contributed by atoms with Crippen molar-refractivity contribution in [2.45, 2.75) is 6.92 Å². The van der Waals surface area contributed by atoms with Crippen molar-refractivity contribution in [3.8, 4) is 0 Å². The number of hydrogen-bond acceptors (Lipinski definition) is 2. The molecule has 0 saturated heterocycles. The Hall–Kier alpha value is -0.276.